The van der Waals surface area contributed by atoms with Crippen LogP contribution in [0, 0.1) is 6.92 Å². The lowest BCUT2D eigenvalue weighted by atomic mass is 10.1. The third-order valence-electron chi connectivity index (χ3n) is 3.75. The zero-order valence-electron chi connectivity index (χ0n) is 12.9. The number of hydrogen-bond acceptors (Lipinski definition) is 3. The van der Waals surface area contributed by atoms with Crippen molar-refractivity contribution in [2.24, 2.45) is 0 Å². The quantitative estimate of drug-likeness (QED) is 0.844. The molecule has 0 aliphatic carbocycles. The number of carbonyl (C=O) groups is 1. The van der Waals surface area contributed by atoms with Gasteiger partial charge < -0.3 is 9.64 Å². The van der Waals surface area contributed by atoms with Crippen LogP contribution in [-0.4, -0.2) is 45.9 Å². The minimum atomic E-state index is 0.132. The van der Waals surface area contributed by atoms with Crippen molar-refractivity contribution in [3.63, 3.8) is 0 Å². The van der Waals surface area contributed by atoms with Gasteiger partial charge in [0.05, 0.1) is 17.9 Å². The fraction of sp³-hybridized carbons (Fsp3) is 0.733. The molecule has 0 bridgehead atoms. The molecule has 2 atom stereocenters. The first-order valence-electron chi connectivity index (χ1n) is 7.45. The van der Waals surface area contributed by atoms with Crippen LogP contribution in [0.3, 0.4) is 0 Å². The van der Waals surface area contributed by atoms with E-state index in [0.29, 0.717) is 19.5 Å². The summed E-state index contributed by atoms with van der Waals surface area (Å²) in [7, 11) is 0. The van der Waals surface area contributed by atoms with Crippen LogP contribution in [0.2, 0.25) is 0 Å². The summed E-state index contributed by atoms with van der Waals surface area (Å²) in [6, 6.07) is 0. The summed E-state index contributed by atoms with van der Waals surface area (Å²) in [5, 5.41) is 4.42. The van der Waals surface area contributed by atoms with Gasteiger partial charge in [0.15, 0.2) is 0 Å². The van der Waals surface area contributed by atoms with Gasteiger partial charge in [-0.05, 0) is 39.7 Å². The molecule has 1 fully saturated rings. The predicted octanol–water partition coefficient (Wildman–Crippen LogP) is 1.78. The average Bonchev–Trinajstić information content (AvgIpc) is 2.75. The number of morpholine rings is 1. The summed E-state index contributed by atoms with van der Waals surface area (Å²) < 4.78 is 7.58. The standard InChI is InChI=1S/C15H25N3O2/c1-5-18-10-14(13(4)16-18)6-7-15(19)17-8-11(2)20-12(3)9-17/h10-12H,5-9H2,1-4H3/t11-,12-/m0/s1. The van der Waals surface area contributed by atoms with Gasteiger partial charge in [-0.25, -0.2) is 0 Å². The third kappa shape index (κ3) is 3.60. The molecule has 1 aromatic rings. The summed E-state index contributed by atoms with van der Waals surface area (Å²) in [5.74, 6) is 0.218. The summed E-state index contributed by atoms with van der Waals surface area (Å²) in [6.07, 6.45) is 3.63. The topological polar surface area (TPSA) is 47.4 Å². The van der Waals surface area contributed by atoms with Crippen LogP contribution in [0.4, 0.5) is 0 Å². The second-order valence-corrected chi connectivity index (χ2v) is 5.65. The Morgan fingerprint density at radius 2 is 2.05 bits per heavy atom. The van der Waals surface area contributed by atoms with Gasteiger partial charge in [0.1, 0.15) is 0 Å². The second kappa shape index (κ2) is 6.39. The smallest absolute Gasteiger partial charge is 0.223 e. The SMILES string of the molecule is CCn1cc(CCC(=O)N2C[C@H](C)O[C@@H](C)C2)c(C)n1. The molecule has 0 N–H and O–H groups in total. The van der Waals surface area contributed by atoms with E-state index in [4.69, 9.17) is 4.74 Å². The number of carbonyl (C=O) groups excluding carboxylic acids is 1. The Bertz CT molecular complexity index is 460. The summed E-state index contributed by atoms with van der Waals surface area (Å²) in [6.45, 7) is 10.4. The maximum absolute atomic E-state index is 12.3. The lowest BCUT2D eigenvalue weighted by molar-refractivity contribution is -0.143. The number of amides is 1. The Morgan fingerprint density at radius 3 is 2.60 bits per heavy atom. The summed E-state index contributed by atoms with van der Waals surface area (Å²) in [5.41, 5.74) is 2.21. The Balaban J connectivity index is 1.89. The Morgan fingerprint density at radius 1 is 1.40 bits per heavy atom. The molecule has 0 radical (unpaired) electrons. The molecule has 1 saturated heterocycles. The highest BCUT2D eigenvalue weighted by Gasteiger charge is 2.25. The molecule has 2 heterocycles. The molecule has 20 heavy (non-hydrogen) atoms. The minimum absolute atomic E-state index is 0.132. The van der Waals surface area contributed by atoms with Gasteiger partial charge in [0, 0.05) is 32.3 Å². The predicted molar refractivity (Wildman–Crippen MR) is 77.5 cm³/mol. The summed E-state index contributed by atoms with van der Waals surface area (Å²) in [4.78, 5) is 14.2. The van der Waals surface area contributed by atoms with Gasteiger partial charge in [-0.15, -0.1) is 0 Å². The Kier molecular flexibility index (Phi) is 4.81. The van der Waals surface area contributed by atoms with Crippen LogP contribution in [0.5, 0.6) is 0 Å². The molecular formula is C15H25N3O2. The molecule has 5 nitrogen and oxygen atoms in total. The van der Waals surface area contributed by atoms with E-state index in [1.807, 2.05) is 36.5 Å². The van der Waals surface area contributed by atoms with Gasteiger partial charge in [0.25, 0.3) is 0 Å². The van der Waals surface area contributed by atoms with Crippen LogP contribution in [0.15, 0.2) is 6.20 Å². The number of rotatable bonds is 4. The van der Waals surface area contributed by atoms with Crippen molar-refractivity contribution < 1.29 is 9.53 Å². The van der Waals surface area contributed by atoms with Crippen LogP contribution in [-0.2, 0) is 22.5 Å². The van der Waals surface area contributed by atoms with Gasteiger partial charge in [-0.3, -0.25) is 9.48 Å². The first-order chi connectivity index (χ1) is 9.49. The van der Waals surface area contributed by atoms with Crippen LogP contribution < -0.4 is 0 Å². The number of nitrogens with zero attached hydrogens (tertiary/aromatic N) is 3. The third-order valence-corrected chi connectivity index (χ3v) is 3.75. The minimum Gasteiger partial charge on any atom is -0.372 e. The van der Waals surface area contributed by atoms with Gasteiger partial charge in [-0.2, -0.15) is 5.10 Å². The van der Waals surface area contributed by atoms with Crippen molar-refractivity contribution in [1.82, 2.24) is 14.7 Å². The number of hydrogen-bond donors (Lipinski definition) is 0. The van der Waals surface area contributed by atoms with E-state index in [0.717, 1.165) is 18.7 Å². The highest BCUT2D eigenvalue weighted by atomic mass is 16.5. The van der Waals surface area contributed by atoms with Gasteiger partial charge in [0.2, 0.25) is 5.91 Å². The first kappa shape index (κ1) is 15.0. The van der Waals surface area contributed by atoms with Crippen molar-refractivity contribution in [3.05, 3.63) is 17.5 Å². The maximum atomic E-state index is 12.3. The van der Waals surface area contributed by atoms with E-state index in [9.17, 15) is 4.79 Å². The fourth-order valence-corrected chi connectivity index (χ4v) is 2.75. The lowest BCUT2D eigenvalue weighted by Gasteiger charge is -2.35. The van der Waals surface area contributed by atoms with E-state index < -0.39 is 0 Å². The van der Waals surface area contributed by atoms with E-state index in [2.05, 4.69) is 12.0 Å². The highest BCUT2D eigenvalue weighted by Crippen LogP contribution is 2.14. The zero-order valence-corrected chi connectivity index (χ0v) is 12.9. The molecule has 5 heteroatoms. The van der Waals surface area contributed by atoms with E-state index in [1.165, 1.54) is 5.56 Å². The lowest BCUT2D eigenvalue weighted by Crippen LogP contribution is -2.48. The highest BCUT2D eigenvalue weighted by molar-refractivity contribution is 5.76. The van der Waals surface area contributed by atoms with Crippen molar-refractivity contribution in [3.8, 4) is 0 Å². The molecule has 0 spiro atoms. The van der Waals surface area contributed by atoms with E-state index >= 15 is 0 Å². The monoisotopic (exact) mass is 279 g/mol. The molecular weight excluding hydrogens is 254 g/mol. The number of aromatic nitrogens is 2. The molecule has 0 saturated carbocycles. The number of ether oxygens (including phenoxy) is 1. The van der Waals surface area contributed by atoms with Crippen molar-refractivity contribution in [2.45, 2.75) is 59.3 Å². The van der Waals surface area contributed by atoms with Crippen molar-refractivity contribution in [2.75, 3.05) is 13.1 Å². The van der Waals surface area contributed by atoms with Gasteiger partial charge >= 0.3 is 0 Å². The van der Waals surface area contributed by atoms with Crippen LogP contribution in [0.1, 0.15) is 38.4 Å². The van der Waals surface area contributed by atoms with Crippen LogP contribution in [0.25, 0.3) is 0 Å². The molecule has 1 amide bonds. The first-order valence-corrected chi connectivity index (χ1v) is 7.45. The van der Waals surface area contributed by atoms with Gasteiger partial charge in [-0.1, -0.05) is 0 Å². The van der Waals surface area contributed by atoms with E-state index in [-0.39, 0.29) is 18.1 Å². The Hall–Kier alpha value is -1.36. The largest absolute Gasteiger partial charge is 0.372 e. The fourth-order valence-electron chi connectivity index (χ4n) is 2.75. The Labute approximate surface area is 120 Å². The van der Waals surface area contributed by atoms with E-state index in [1.54, 1.807) is 0 Å². The zero-order chi connectivity index (χ0) is 14.7. The molecule has 1 aliphatic heterocycles. The normalized spacial score (nSPS) is 23.1. The molecule has 1 aromatic heterocycles. The molecule has 1 aliphatic rings. The molecule has 112 valence electrons. The maximum Gasteiger partial charge on any atom is 0.223 e. The van der Waals surface area contributed by atoms with Crippen molar-refractivity contribution in [1.29, 1.82) is 0 Å². The molecule has 0 aromatic carbocycles. The van der Waals surface area contributed by atoms with Crippen molar-refractivity contribution >= 4 is 5.91 Å². The number of aryl methyl sites for hydroxylation is 3. The second-order valence-electron chi connectivity index (χ2n) is 5.65. The molecule has 2 rings (SSSR count). The molecule has 0 unspecified atom stereocenters. The average molecular weight is 279 g/mol. The summed E-state index contributed by atoms with van der Waals surface area (Å²) >= 11 is 0. The van der Waals surface area contributed by atoms with Crippen LogP contribution >= 0.6 is 0 Å².